The first kappa shape index (κ1) is 16.7. The number of aryl methyl sites for hydroxylation is 1. The average molecular weight is 317 g/mol. The predicted molar refractivity (Wildman–Crippen MR) is 104 cm³/mol. The third-order valence-corrected chi connectivity index (χ3v) is 4.68. The Morgan fingerprint density at radius 3 is 2.21 bits per heavy atom. The molecule has 3 aromatic carbocycles. The first-order chi connectivity index (χ1) is 11.7. The van der Waals surface area contributed by atoms with Crippen molar-refractivity contribution in [2.45, 2.75) is 39.3 Å². The highest BCUT2D eigenvalue weighted by molar-refractivity contribution is 5.82. The van der Waals surface area contributed by atoms with Gasteiger partial charge in [0, 0.05) is 12.6 Å². The van der Waals surface area contributed by atoms with Crippen LogP contribution < -0.4 is 0 Å². The van der Waals surface area contributed by atoms with Gasteiger partial charge in [-0.15, -0.1) is 0 Å². The summed E-state index contributed by atoms with van der Waals surface area (Å²) < 4.78 is 0. The van der Waals surface area contributed by atoms with Gasteiger partial charge in [0.2, 0.25) is 0 Å². The maximum Gasteiger partial charge on any atom is 0.0236 e. The number of fused-ring (bicyclic) bond motifs is 1. The van der Waals surface area contributed by atoms with Crippen LogP contribution in [0.15, 0.2) is 72.8 Å². The van der Waals surface area contributed by atoms with Gasteiger partial charge >= 0.3 is 0 Å². The minimum absolute atomic E-state index is 0.571. The summed E-state index contributed by atoms with van der Waals surface area (Å²) in [5.74, 6) is 0. The molecular weight excluding hydrogens is 290 g/mol. The van der Waals surface area contributed by atoms with Crippen LogP contribution in [0.3, 0.4) is 0 Å². The van der Waals surface area contributed by atoms with Crippen molar-refractivity contribution in [3.63, 3.8) is 0 Å². The van der Waals surface area contributed by atoms with Crippen molar-refractivity contribution in [2.75, 3.05) is 6.54 Å². The molecule has 0 aliphatic carbocycles. The lowest BCUT2D eigenvalue weighted by molar-refractivity contribution is 0.210. The van der Waals surface area contributed by atoms with Crippen LogP contribution in [0.1, 0.15) is 31.4 Å². The smallest absolute Gasteiger partial charge is 0.0236 e. The molecule has 0 aliphatic rings. The Morgan fingerprint density at radius 2 is 1.46 bits per heavy atom. The molecule has 3 aromatic rings. The summed E-state index contributed by atoms with van der Waals surface area (Å²) in [5, 5.41) is 2.68. The van der Waals surface area contributed by atoms with E-state index in [1.807, 2.05) is 0 Å². The molecule has 0 aliphatic heterocycles. The van der Waals surface area contributed by atoms with E-state index in [2.05, 4.69) is 91.5 Å². The monoisotopic (exact) mass is 317 g/mol. The Bertz CT molecular complexity index is 761. The number of rotatable bonds is 7. The molecule has 0 bridgehead atoms. The largest absolute Gasteiger partial charge is 0.297 e. The second-order valence-electron chi connectivity index (χ2n) is 6.83. The minimum atomic E-state index is 0.571. The summed E-state index contributed by atoms with van der Waals surface area (Å²) in [6.07, 6.45) is 2.34. The molecule has 0 spiro atoms. The molecule has 124 valence electrons. The molecule has 3 rings (SSSR count). The fraction of sp³-hybridized carbons (Fsp3) is 0.304. The van der Waals surface area contributed by atoms with Crippen LogP contribution in [-0.4, -0.2) is 17.5 Å². The van der Waals surface area contributed by atoms with E-state index in [1.54, 1.807) is 0 Å². The molecule has 0 N–H and O–H groups in total. The van der Waals surface area contributed by atoms with Gasteiger partial charge in [0.1, 0.15) is 0 Å². The first-order valence-corrected chi connectivity index (χ1v) is 8.98. The second-order valence-corrected chi connectivity index (χ2v) is 6.83. The van der Waals surface area contributed by atoms with Crippen molar-refractivity contribution in [3.8, 4) is 0 Å². The molecule has 1 heteroatoms. The van der Waals surface area contributed by atoms with Crippen LogP contribution >= 0.6 is 0 Å². The van der Waals surface area contributed by atoms with E-state index >= 15 is 0 Å². The Kier molecular flexibility index (Phi) is 5.66. The van der Waals surface area contributed by atoms with Crippen molar-refractivity contribution in [2.24, 2.45) is 0 Å². The predicted octanol–water partition coefficient (Wildman–Crippen LogP) is 5.68. The van der Waals surface area contributed by atoms with Crippen LogP contribution in [0.2, 0.25) is 0 Å². The molecule has 24 heavy (non-hydrogen) atoms. The Hall–Kier alpha value is -2.12. The van der Waals surface area contributed by atoms with Gasteiger partial charge in [-0.25, -0.2) is 0 Å². The van der Waals surface area contributed by atoms with E-state index in [-0.39, 0.29) is 0 Å². The zero-order valence-electron chi connectivity index (χ0n) is 14.8. The summed E-state index contributed by atoms with van der Waals surface area (Å²) in [5.41, 5.74) is 2.84. The van der Waals surface area contributed by atoms with E-state index in [1.165, 1.54) is 28.3 Å². The van der Waals surface area contributed by atoms with Crippen LogP contribution in [-0.2, 0) is 13.0 Å². The molecule has 0 radical (unpaired) electrons. The Labute approximate surface area is 145 Å². The van der Waals surface area contributed by atoms with E-state index in [0.717, 1.165) is 19.5 Å². The molecule has 1 nitrogen and oxygen atoms in total. The first-order valence-electron chi connectivity index (χ1n) is 8.98. The van der Waals surface area contributed by atoms with Gasteiger partial charge < -0.3 is 0 Å². The van der Waals surface area contributed by atoms with Gasteiger partial charge in [-0.05, 0) is 55.1 Å². The van der Waals surface area contributed by atoms with Crippen LogP contribution in [0, 0.1) is 0 Å². The van der Waals surface area contributed by atoms with Crippen LogP contribution in [0.5, 0.6) is 0 Å². The van der Waals surface area contributed by atoms with Crippen LogP contribution in [0.4, 0.5) is 0 Å². The topological polar surface area (TPSA) is 3.24 Å². The third kappa shape index (κ3) is 4.46. The SMILES string of the molecule is CC(C)N(CCCc1ccc2ccccc2c1)Cc1ccccc1. The van der Waals surface area contributed by atoms with Gasteiger partial charge in [-0.1, -0.05) is 72.8 Å². The molecule has 0 atom stereocenters. The number of hydrogen-bond acceptors (Lipinski definition) is 1. The van der Waals surface area contributed by atoms with Gasteiger partial charge in [0.15, 0.2) is 0 Å². The van der Waals surface area contributed by atoms with Gasteiger partial charge in [0.05, 0.1) is 0 Å². The van der Waals surface area contributed by atoms with Gasteiger partial charge in [0.25, 0.3) is 0 Å². The molecular formula is C23H27N. The molecule has 0 saturated carbocycles. The number of hydrogen-bond donors (Lipinski definition) is 0. The maximum atomic E-state index is 2.57. The highest BCUT2D eigenvalue weighted by atomic mass is 15.1. The third-order valence-electron chi connectivity index (χ3n) is 4.68. The summed E-state index contributed by atoms with van der Waals surface area (Å²) >= 11 is 0. The zero-order valence-corrected chi connectivity index (χ0v) is 14.8. The highest BCUT2D eigenvalue weighted by Crippen LogP contribution is 2.17. The molecule has 0 amide bonds. The van der Waals surface area contributed by atoms with E-state index < -0.39 is 0 Å². The highest BCUT2D eigenvalue weighted by Gasteiger charge is 2.09. The summed E-state index contributed by atoms with van der Waals surface area (Å²) in [7, 11) is 0. The molecule has 0 unspecified atom stereocenters. The zero-order chi connectivity index (χ0) is 16.8. The lowest BCUT2D eigenvalue weighted by Crippen LogP contribution is -2.31. The molecule has 0 saturated heterocycles. The quantitative estimate of drug-likeness (QED) is 0.541. The van der Waals surface area contributed by atoms with E-state index in [4.69, 9.17) is 0 Å². The van der Waals surface area contributed by atoms with Crippen molar-refractivity contribution in [1.82, 2.24) is 4.90 Å². The normalized spacial score (nSPS) is 11.5. The minimum Gasteiger partial charge on any atom is -0.297 e. The summed E-state index contributed by atoms with van der Waals surface area (Å²) in [6.45, 7) is 6.76. The Balaban J connectivity index is 1.58. The molecule has 0 heterocycles. The van der Waals surface area contributed by atoms with Gasteiger partial charge in [-0.3, -0.25) is 4.90 Å². The lowest BCUT2D eigenvalue weighted by Gasteiger charge is -2.26. The number of nitrogens with zero attached hydrogens (tertiary/aromatic N) is 1. The van der Waals surface area contributed by atoms with Crippen molar-refractivity contribution >= 4 is 10.8 Å². The second kappa shape index (κ2) is 8.12. The average Bonchev–Trinajstić information content (AvgIpc) is 2.61. The summed E-state index contributed by atoms with van der Waals surface area (Å²) in [6, 6.07) is 26.8. The lowest BCUT2D eigenvalue weighted by atomic mass is 10.0. The number of benzene rings is 3. The molecule has 0 fully saturated rings. The summed E-state index contributed by atoms with van der Waals surface area (Å²) in [4.78, 5) is 2.57. The van der Waals surface area contributed by atoms with Crippen molar-refractivity contribution < 1.29 is 0 Å². The van der Waals surface area contributed by atoms with Crippen molar-refractivity contribution in [1.29, 1.82) is 0 Å². The van der Waals surface area contributed by atoms with E-state index in [9.17, 15) is 0 Å². The fourth-order valence-electron chi connectivity index (χ4n) is 3.22. The van der Waals surface area contributed by atoms with Gasteiger partial charge in [-0.2, -0.15) is 0 Å². The Morgan fingerprint density at radius 1 is 0.750 bits per heavy atom. The standard InChI is InChI=1S/C23H27N/c1-19(2)24(18-21-9-4-3-5-10-21)16-8-11-20-14-15-22-12-6-7-13-23(22)17-20/h3-7,9-10,12-15,17,19H,8,11,16,18H2,1-2H3. The van der Waals surface area contributed by atoms with E-state index in [0.29, 0.717) is 6.04 Å². The fourth-order valence-corrected chi connectivity index (χ4v) is 3.22. The van der Waals surface area contributed by atoms with Crippen molar-refractivity contribution in [3.05, 3.63) is 83.9 Å². The maximum absolute atomic E-state index is 2.57. The van der Waals surface area contributed by atoms with Crippen LogP contribution in [0.25, 0.3) is 10.8 Å². The molecule has 0 aromatic heterocycles.